The van der Waals surface area contributed by atoms with Crippen molar-refractivity contribution < 1.29 is 19.1 Å². The van der Waals surface area contributed by atoms with Crippen molar-refractivity contribution in [2.24, 2.45) is 5.73 Å². The number of nitrogens with one attached hydrogen (secondary N) is 2. The number of carbonyl (C=O) groups is 3. The fourth-order valence-corrected chi connectivity index (χ4v) is 5.13. The zero-order valence-corrected chi connectivity index (χ0v) is 22.5. The lowest BCUT2D eigenvalue weighted by Gasteiger charge is -2.09. The summed E-state index contributed by atoms with van der Waals surface area (Å²) in [5.74, 6) is 0.254. The van der Waals surface area contributed by atoms with Crippen LogP contribution in [0.2, 0.25) is 0 Å². The number of aryl methyl sites for hydroxylation is 1. The molecular weight excluding hydrogens is 526 g/mol. The van der Waals surface area contributed by atoms with Crippen LogP contribution in [0.15, 0.2) is 84.9 Å². The van der Waals surface area contributed by atoms with Gasteiger partial charge in [-0.2, -0.15) is 0 Å². The molecular formula is C30H27N5O4S. The third-order valence-electron chi connectivity index (χ3n) is 6.31. The van der Waals surface area contributed by atoms with Gasteiger partial charge in [-0.1, -0.05) is 30.3 Å². The van der Waals surface area contributed by atoms with Crippen LogP contribution in [0.5, 0.6) is 5.75 Å². The second-order valence-corrected chi connectivity index (χ2v) is 10.1. The fourth-order valence-electron chi connectivity index (χ4n) is 4.23. The number of ketones is 1. The Kier molecular flexibility index (Phi) is 7.88. The van der Waals surface area contributed by atoms with Gasteiger partial charge >= 0.3 is 0 Å². The molecule has 5 aromatic rings. The Hall–Kier alpha value is -4.96. The van der Waals surface area contributed by atoms with Crippen LogP contribution in [0.3, 0.4) is 0 Å². The lowest BCUT2D eigenvalue weighted by Crippen LogP contribution is -2.18. The lowest BCUT2D eigenvalue weighted by atomic mass is 10.1. The minimum Gasteiger partial charge on any atom is -0.497 e. The maximum absolute atomic E-state index is 13.2. The quantitative estimate of drug-likeness (QED) is 0.193. The van der Waals surface area contributed by atoms with Gasteiger partial charge in [0.1, 0.15) is 5.75 Å². The molecule has 0 atom stereocenters. The van der Waals surface area contributed by atoms with E-state index in [0.717, 1.165) is 21.7 Å². The summed E-state index contributed by atoms with van der Waals surface area (Å²) < 4.78 is 6.98. The monoisotopic (exact) mass is 553 g/mol. The van der Waals surface area contributed by atoms with Crippen molar-refractivity contribution in [2.45, 2.75) is 13.0 Å². The van der Waals surface area contributed by atoms with Gasteiger partial charge in [0.05, 0.1) is 29.6 Å². The van der Waals surface area contributed by atoms with E-state index >= 15 is 0 Å². The zero-order chi connectivity index (χ0) is 28.1. The predicted molar refractivity (Wildman–Crippen MR) is 157 cm³/mol. The van der Waals surface area contributed by atoms with Gasteiger partial charge in [-0.3, -0.25) is 19.7 Å². The van der Waals surface area contributed by atoms with Gasteiger partial charge in [0, 0.05) is 29.1 Å². The van der Waals surface area contributed by atoms with E-state index in [4.69, 9.17) is 10.5 Å². The number of ether oxygens (including phenoxy) is 1. The third-order valence-corrected chi connectivity index (χ3v) is 7.44. The molecule has 202 valence electrons. The normalized spacial score (nSPS) is 10.8. The number of amides is 2. The molecule has 0 saturated heterocycles. The molecule has 3 aromatic carbocycles. The molecule has 40 heavy (non-hydrogen) atoms. The van der Waals surface area contributed by atoms with Gasteiger partial charge in [-0.25, -0.2) is 4.98 Å². The summed E-state index contributed by atoms with van der Waals surface area (Å²) in [6, 6.07) is 25.8. The Labute approximate surface area is 234 Å². The topological polar surface area (TPSA) is 128 Å². The first-order valence-corrected chi connectivity index (χ1v) is 13.4. The van der Waals surface area contributed by atoms with E-state index in [1.807, 2.05) is 60.7 Å². The number of methoxy groups -OCH3 is 1. The maximum Gasteiger partial charge on any atom is 0.268 e. The standard InChI is InChI=1S/C30H27N5O4S/c1-39-22-10-7-20(8-11-22)26-13-14-27(40-26)29(38)34-30-33-23-17-21(9-12-24(23)35(30)16-15-28(31)37)32-18-25(36)19-5-3-2-4-6-19/h2-14,17,32H,15-16,18H2,1H3,(H2,31,37)(H,33,34,38). The number of nitrogens with two attached hydrogens (primary N) is 1. The number of rotatable bonds is 11. The van der Waals surface area contributed by atoms with Crippen LogP contribution >= 0.6 is 11.3 Å². The number of Topliss-reactive ketones (excluding diaryl/α,β-unsaturated/α-hetero) is 1. The predicted octanol–water partition coefficient (Wildman–Crippen LogP) is 5.20. The number of aromatic nitrogens is 2. The van der Waals surface area contributed by atoms with E-state index in [1.165, 1.54) is 11.3 Å². The van der Waals surface area contributed by atoms with Crippen LogP contribution in [-0.4, -0.2) is 40.8 Å². The van der Waals surface area contributed by atoms with Crippen molar-refractivity contribution in [3.8, 4) is 16.2 Å². The number of hydrogen-bond donors (Lipinski definition) is 3. The van der Waals surface area contributed by atoms with Crippen molar-refractivity contribution >= 4 is 51.6 Å². The first-order chi connectivity index (χ1) is 19.4. The first kappa shape index (κ1) is 26.6. The van der Waals surface area contributed by atoms with E-state index in [-0.39, 0.29) is 31.2 Å². The van der Waals surface area contributed by atoms with Gasteiger partial charge in [-0.05, 0) is 60.2 Å². The number of nitrogens with zero attached hydrogens (tertiary/aromatic N) is 2. The largest absolute Gasteiger partial charge is 0.497 e. The van der Waals surface area contributed by atoms with Gasteiger partial charge in [-0.15, -0.1) is 11.3 Å². The summed E-state index contributed by atoms with van der Waals surface area (Å²) in [5.41, 5.74) is 9.03. The molecule has 2 heterocycles. The van der Waals surface area contributed by atoms with Crippen molar-refractivity contribution in [1.29, 1.82) is 0 Å². The number of fused-ring (bicyclic) bond motifs is 1. The SMILES string of the molecule is COc1ccc(-c2ccc(C(=O)Nc3nc4cc(NCC(=O)c5ccccc5)ccc4n3CCC(N)=O)s2)cc1. The Bertz CT molecular complexity index is 1680. The van der Waals surface area contributed by atoms with Gasteiger partial charge in [0.25, 0.3) is 5.91 Å². The Morgan fingerprint density at radius 2 is 1.75 bits per heavy atom. The molecule has 10 heteroatoms. The molecule has 2 amide bonds. The fraction of sp³-hybridized carbons (Fsp3) is 0.133. The van der Waals surface area contributed by atoms with E-state index in [0.29, 0.717) is 27.6 Å². The number of thiophene rings is 1. The number of anilines is 2. The summed E-state index contributed by atoms with van der Waals surface area (Å²) in [6.45, 7) is 0.374. The molecule has 0 bridgehead atoms. The molecule has 0 unspecified atom stereocenters. The van der Waals surface area contributed by atoms with Gasteiger partial charge in [0.15, 0.2) is 5.78 Å². The van der Waals surface area contributed by atoms with Crippen LogP contribution in [0.1, 0.15) is 26.5 Å². The van der Waals surface area contributed by atoms with E-state index in [2.05, 4.69) is 15.6 Å². The van der Waals surface area contributed by atoms with Crippen LogP contribution < -0.4 is 21.1 Å². The zero-order valence-electron chi connectivity index (χ0n) is 21.7. The Morgan fingerprint density at radius 3 is 2.48 bits per heavy atom. The molecule has 4 N–H and O–H groups in total. The second-order valence-electron chi connectivity index (χ2n) is 9.00. The van der Waals surface area contributed by atoms with Gasteiger partial charge in [0.2, 0.25) is 11.9 Å². The summed E-state index contributed by atoms with van der Waals surface area (Å²) in [6.07, 6.45) is 0.0839. The molecule has 0 saturated carbocycles. The highest BCUT2D eigenvalue weighted by Gasteiger charge is 2.17. The minimum atomic E-state index is -0.459. The molecule has 2 aromatic heterocycles. The summed E-state index contributed by atoms with van der Waals surface area (Å²) in [5, 5.41) is 6.03. The van der Waals surface area contributed by atoms with Crippen LogP contribution in [0, 0.1) is 0 Å². The number of carbonyl (C=O) groups excluding carboxylic acids is 3. The molecule has 0 spiro atoms. The number of primary amides is 1. The van der Waals surface area contributed by atoms with E-state index in [9.17, 15) is 14.4 Å². The highest BCUT2D eigenvalue weighted by atomic mass is 32.1. The minimum absolute atomic E-state index is 0.0365. The van der Waals surface area contributed by atoms with E-state index in [1.54, 1.807) is 35.9 Å². The van der Waals surface area contributed by atoms with Gasteiger partial charge < -0.3 is 20.4 Å². The molecule has 9 nitrogen and oxygen atoms in total. The molecule has 0 fully saturated rings. The van der Waals surface area contributed by atoms with Crippen LogP contribution in [-0.2, 0) is 11.3 Å². The highest BCUT2D eigenvalue weighted by molar-refractivity contribution is 7.17. The molecule has 0 aliphatic heterocycles. The first-order valence-electron chi connectivity index (χ1n) is 12.6. The van der Waals surface area contributed by atoms with Crippen molar-refractivity contribution in [3.63, 3.8) is 0 Å². The second kappa shape index (κ2) is 11.8. The Morgan fingerprint density at radius 1 is 0.975 bits per heavy atom. The summed E-state index contributed by atoms with van der Waals surface area (Å²) in [7, 11) is 1.61. The molecule has 0 aliphatic carbocycles. The number of imidazole rings is 1. The molecule has 5 rings (SSSR count). The average molecular weight is 554 g/mol. The summed E-state index contributed by atoms with van der Waals surface area (Å²) >= 11 is 1.36. The molecule has 0 aliphatic rings. The molecule has 0 radical (unpaired) electrons. The van der Waals surface area contributed by atoms with Crippen molar-refractivity contribution in [2.75, 3.05) is 24.3 Å². The highest BCUT2D eigenvalue weighted by Crippen LogP contribution is 2.30. The Balaban J connectivity index is 1.36. The number of hydrogen-bond acceptors (Lipinski definition) is 7. The van der Waals surface area contributed by atoms with Crippen molar-refractivity contribution in [3.05, 3.63) is 95.4 Å². The average Bonchev–Trinajstić information content (AvgIpc) is 3.60. The van der Waals surface area contributed by atoms with Crippen LogP contribution in [0.4, 0.5) is 11.6 Å². The van der Waals surface area contributed by atoms with Crippen LogP contribution in [0.25, 0.3) is 21.5 Å². The lowest BCUT2D eigenvalue weighted by molar-refractivity contribution is -0.118. The number of benzene rings is 3. The summed E-state index contributed by atoms with van der Waals surface area (Å²) in [4.78, 5) is 43.3. The third kappa shape index (κ3) is 6.02. The smallest absolute Gasteiger partial charge is 0.268 e. The maximum atomic E-state index is 13.2. The van der Waals surface area contributed by atoms with Crippen molar-refractivity contribution in [1.82, 2.24) is 9.55 Å². The van der Waals surface area contributed by atoms with E-state index < -0.39 is 5.91 Å².